The van der Waals surface area contributed by atoms with Crippen molar-refractivity contribution in [2.24, 2.45) is 0 Å². The maximum atomic E-state index is 12.6. The fraction of sp³-hybridized carbons (Fsp3) is 0.370. The molecule has 3 aromatic rings. The minimum atomic E-state index is -0.0558. The molecule has 162 valence electrons. The second kappa shape index (κ2) is 9.52. The van der Waals surface area contributed by atoms with Crippen molar-refractivity contribution in [1.82, 2.24) is 10.2 Å². The predicted octanol–water partition coefficient (Wildman–Crippen LogP) is 5.33. The Labute approximate surface area is 185 Å². The third-order valence-electron chi connectivity index (χ3n) is 6.16. The Balaban J connectivity index is 1.37. The number of likely N-dealkylation sites (tertiary alicyclic amines) is 1. The molecule has 1 aliphatic rings. The quantitative estimate of drug-likeness (QED) is 0.590. The van der Waals surface area contributed by atoms with E-state index in [0.717, 1.165) is 48.0 Å². The Morgan fingerprint density at radius 2 is 1.68 bits per heavy atom. The third kappa shape index (κ3) is 5.45. The van der Waals surface area contributed by atoms with Crippen molar-refractivity contribution in [1.29, 1.82) is 0 Å². The molecule has 0 aliphatic carbocycles. The molecular formula is C27H32N2O2. The van der Waals surface area contributed by atoms with Crippen molar-refractivity contribution in [3.8, 4) is 5.75 Å². The van der Waals surface area contributed by atoms with Gasteiger partial charge in [-0.1, -0.05) is 42.0 Å². The van der Waals surface area contributed by atoms with Gasteiger partial charge < -0.3 is 15.0 Å². The molecule has 0 aromatic heterocycles. The molecule has 1 aliphatic heterocycles. The number of carbonyl (C=O) groups is 1. The second-order valence-electron chi connectivity index (χ2n) is 8.84. The van der Waals surface area contributed by atoms with Gasteiger partial charge in [0.1, 0.15) is 11.9 Å². The highest BCUT2D eigenvalue weighted by atomic mass is 16.5. The summed E-state index contributed by atoms with van der Waals surface area (Å²) in [6.45, 7) is 9.28. The first-order chi connectivity index (χ1) is 15.0. The molecule has 0 saturated carbocycles. The molecule has 3 aromatic carbocycles. The van der Waals surface area contributed by atoms with E-state index in [1.807, 2.05) is 42.5 Å². The predicted molar refractivity (Wildman–Crippen MR) is 127 cm³/mol. The van der Waals surface area contributed by atoms with Gasteiger partial charge in [-0.25, -0.2) is 0 Å². The standard InChI is InChI=1S/C27H32N2O2/c1-19(2)29-14-12-25(13-15-29)31-26-11-10-22-16-24(9-8-23(22)17-26)27(30)28-18-21-6-4-20(3)5-7-21/h4-11,16-17,19,25H,12-15,18H2,1-3H3,(H,28,30). The topological polar surface area (TPSA) is 41.6 Å². The second-order valence-corrected chi connectivity index (χ2v) is 8.84. The van der Waals surface area contributed by atoms with E-state index in [1.54, 1.807) is 0 Å². The lowest BCUT2D eigenvalue weighted by Gasteiger charge is -2.34. The van der Waals surface area contributed by atoms with Gasteiger partial charge >= 0.3 is 0 Å². The summed E-state index contributed by atoms with van der Waals surface area (Å²) in [7, 11) is 0. The number of carbonyl (C=O) groups excluding carboxylic acids is 1. The number of ether oxygens (including phenoxy) is 1. The Hall–Kier alpha value is -2.85. The van der Waals surface area contributed by atoms with Crippen LogP contribution in [0.3, 0.4) is 0 Å². The molecule has 4 heteroatoms. The molecule has 0 radical (unpaired) electrons. The number of nitrogens with one attached hydrogen (secondary N) is 1. The fourth-order valence-corrected chi connectivity index (χ4v) is 4.13. The molecule has 1 saturated heterocycles. The third-order valence-corrected chi connectivity index (χ3v) is 6.16. The SMILES string of the molecule is Cc1ccc(CNC(=O)c2ccc3cc(OC4CCN(C(C)C)CC4)ccc3c2)cc1. The summed E-state index contributed by atoms with van der Waals surface area (Å²) in [5, 5.41) is 5.15. The average molecular weight is 417 g/mol. The van der Waals surface area contributed by atoms with Crippen molar-refractivity contribution >= 4 is 16.7 Å². The zero-order valence-corrected chi connectivity index (χ0v) is 18.7. The number of amides is 1. The minimum Gasteiger partial charge on any atom is -0.490 e. The summed E-state index contributed by atoms with van der Waals surface area (Å²) in [5.41, 5.74) is 2.99. The van der Waals surface area contributed by atoms with Crippen LogP contribution in [0.1, 0.15) is 48.2 Å². The van der Waals surface area contributed by atoms with Crippen molar-refractivity contribution in [2.75, 3.05) is 13.1 Å². The Kier molecular flexibility index (Phi) is 6.57. The van der Waals surface area contributed by atoms with Gasteiger partial charge in [-0.2, -0.15) is 0 Å². The van der Waals surface area contributed by atoms with E-state index in [4.69, 9.17) is 4.74 Å². The first-order valence-corrected chi connectivity index (χ1v) is 11.3. The summed E-state index contributed by atoms with van der Waals surface area (Å²) in [5.74, 6) is 0.854. The molecule has 4 rings (SSSR count). The number of hydrogen-bond donors (Lipinski definition) is 1. The monoisotopic (exact) mass is 416 g/mol. The number of benzene rings is 3. The van der Waals surface area contributed by atoms with Crippen molar-refractivity contribution in [3.05, 3.63) is 77.4 Å². The van der Waals surface area contributed by atoms with E-state index in [2.05, 4.69) is 49.2 Å². The highest BCUT2D eigenvalue weighted by Crippen LogP contribution is 2.25. The summed E-state index contributed by atoms with van der Waals surface area (Å²) in [4.78, 5) is 15.1. The molecule has 1 amide bonds. The molecule has 0 spiro atoms. The molecule has 4 nitrogen and oxygen atoms in total. The van der Waals surface area contributed by atoms with Crippen LogP contribution in [0.15, 0.2) is 60.7 Å². The normalized spacial score (nSPS) is 15.4. The molecule has 0 bridgehead atoms. The minimum absolute atomic E-state index is 0.0558. The number of fused-ring (bicyclic) bond motifs is 1. The van der Waals surface area contributed by atoms with Crippen LogP contribution in [0.5, 0.6) is 5.75 Å². The molecular weight excluding hydrogens is 384 g/mol. The lowest BCUT2D eigenvalue weighted by atomic mass is 10.0. The van der Waals surface area contributed by atoms with Gasteiger partial charge in [0, 0.05) is 31.2 Å². The van der Waals surface area contributed by atoms with Crippen LogP contribution in [-0.4, -0.2) is 36.0 Å². The fourth-order valence-electron chi connectivity index (χ4n) is 4.13. The number of rotatable bonds is 6. The summed E-state index contributed by atoms with van der Waals surface area (Å²) in [6, 6.07) is 20.8. The van der Waals surface area contributed by atoms with Crippen LogP contribution in [0.25, 0.3) is 10.8 Å². The van der Waals surface area contributed by atoms with Gasteiger partial charge in [-0.15, -0.1) is 0 Å². The Morgan fingerprint density at radius 1 is 1.00 bits per heavy atom. The number of piperidine rings is 1. The zero-order valence-electron chi connectivity index (χ0n) is 18.7. The van der Waals surface area contributed by atoms with Crippen LogP contribution in [0, 0.1) is 6.92 Å². The van der Waals surface area contributed by atoms with E-state index in [1.165, 1.54) is 5.56 Å². The van der Waals surface area contributed by atoms with E-state index in [0.29, 0.717) is 18.2 Å². The van der Waals surface area contributed by atoms with Gasteiger partial charge in [0.15, 0.2) is 0 Å². The van der Waals surface area contributed by atoms with Gasteiger partial charge in [-0.3, -0.25) is 4.79 Å². The van der Waals surface area contributed by atoms with E-state index >= 15 is 0 Å². The smallest absolute Gasteiger partial charge is 0.251 e. The summed E-state index contributed by atoms with van der Waals surface area (Å²) >= 11 is 0. The van der Waals surface area contributed by atoms with Gasteiger partial charge in [0.2, 0.25) is 0 Å². The van der Waals surface area contributed by atoms with Gasteiger partial charge in [0.05, 0.1) is 0 Å². The van der Waals surface area contributed by atoms with Gasteiger partial charge in [0.25, 0.3) is 5.91 Å². The van der Waals surface area contributed by atoms with E-state index in [-0.39, 0.29) is 12.0 Å². The molecule has 31 heavy (non-hydrogen) atoms. The lowest BCUT2D eigenvalue weighted by Crippen LogP contribution is -2.41. The zero-order chi connectivity index (χ0) is 21.8. The molecule has 1 N–H and O–H groups in total. The first-order valence-electron chi connectivity index (χ1n) is 11.3. The molecule has 0 unspecified atom stereocenters. The van der Waals surface area contributed by atoms with Crippen molar-refractivity contribution in [2.45, 2.75) is 52.3 Å². The largest absolute Gasteiger partial charge is 0.490 e. The van der Waals surface area contributed by atoms with E-state index < -0.39 is 0 Å². The Morgan fingerprint density at radius 3 is 2.39 bits per heavy atom. The average Bonchev–Trinajstić information content (AvgIpc) is 2.78. The van der Waals surface area contributed by atoms with Crippen molar-refractivity contribution < 1.29 is 9.53 Å². The van der Waals surface area contributed by atoms with Crippen LogP contribution < -0.4 is 10.1 Å². The first kappa shape index (κ1) is 21.4. The molecule has 1 fully saturated rings. The maximum Gasteiger partial charge on any atom is 0.251 e. The van der Waals surface area contributed by atoms with E-state index in [9.17, 15) is 4.79 Å². The molecule has 1 heterocycles. The number of nitrogens with zero attached hydrogens (tertiary/aromatic N) is 1. The molecule has 0 atom stereocenters. The highest BCUT2D eigenvalue weighted by Gasteiger charge is 2.22. The highest BCUT2D eigenvalue weighted by molar-refractivity contribution is 5.98. The summed E-state index contributed by atoms with van der Waals surface area (Å²) < 4.78 is 6.26. The number of hydrogen-bond acceptors (Lipinski definition) is 3. The summed E-state index contributed by atoms with van der Waals surface area (Å²) in [6.07, 6.45) is 2.41. The van der Waals surface area contributed by atoms with Crippen LogP contribution in [0.4, 0.5) is 0 Å². The van der Waals surface area contributed by atoms with Crippen molar-refractivity contribution in [3.63, 3.8) is 0 Å². The van der Waals surface area contributed by atoms with Crippen LogP contribution in [-0.2, 0) is 6.54 Å². The van der Waals surface area contributed by atoms with Gasteiger partial charge in [-0.05, 0) is 74.2 Å². The van der Waals surface area contributed by atoms with Crippen LogP contribution >= 0.6 is 0 Å². The maximum absolute atomic E-state index is 12.6. The number of aryl methyl sites for hydroxylation is 1. The Bertz CT molecular complexity index is 1030. The van der Waals surface area contributed by atoms with Crippen LogP contribution in [0.2, 0.25) is 0 Å². The lowest BCUT2D eigenvalue weighted by molar-refractivity contribution is 0.0844.